The maximum atomic E-state index is 10.3. The van der Waals surface area contributed by atoms with Crippen LogP contribution in [-0.4, -0.2) is 11.1 Å². The minimum atomic E-state index is -0.655. The summed E-state index contributed by atoms with van der Waals surface area (Å²) in [6, 6.07) is 0. The Morgan fingerprint density at radius 2 is 1.00 bits per heavy atom. The number of rotatable bonds is 14. The van der Waals surface area contributed by atoms with E-state index >= 15 is 0 Å². The molecule has 0 aliphatic rings. The van der Waals surface area contributed by atoms with Gasteiger partial charge in [-0.2, -0.15) is 0 Å². The molecule has 0 atom stereocenters. The van der Waals surface area contributed by atoms with Crippen LogP contribution in [-0.2, 0) is 4.79 Å². The van der Waals surface area contributed by atoms with E-state index in [-0.39, 0.29) is 24.0 Å². The summed E-state index contributed by atoms with van der Waals surface area (Å²) < 4.78 is 0. The molecular formula is C16H33IO2. The second-order valence-corrected chi connectivity index (χ2v) is 5.39. The van der Waals surface area contributed by atoms with Crippen LogP contribution >= 0.6 is 24.0 Å². The van der Waals surface area contributed by atoms with Crippen molar-refractivity contribution in [2.24, 2.45) is 0 Å². The molecule has 0 rings (SSSR count). The lowest BCUT2D eigenvalue weighted by atomic mass is 10.0. The minimum absolute atomic E-state index is 0. The Hall–Kier alpha value is 0.200. The highest BCUT2D eigenvalue weighted by atomic mass is 127. The van der Waals surface area contributed by atoms with Crippen molar-refractivity contribution in [2.75, 3.05) is 0 Å². The molecule has 1 N–H and O–H groups in total. The van der Waals surface area contributed by atoms with Crippen LogP contribution in [0.25, 0.3) is 0 Å². The summed E-state index contributed by atoms with van der Waals surface area (Å²) in [5.41, 5.74) is 0. The van der Waals surface area contributed by atoms with Gasteiger partial charge in [-0.1, -0.05) is 84.0 Å². The molecule has 116 valence electrons. The van der Waals surface area contributed by atoms with Crippen molar-refractivity contribution >= 4 is 29.9 Å². The normalized spacial score (nSPS) is 10.2. The van der Waals surface area contributed by atoms with E-state index in [4.69, 9.17) is 5.11 Å². The number of carboxylic acids is 1. The average molecular weight is 384 g/mol. The lowest BCUT2D eigenvalue weighted by Gasteiger charge is -2.02. The molecule has 2 nitrogen and oxygen atoms in total. The quantitative estimate of drug-likeness (QED) is 0.287. The first-order chi connectivity index (χ1) is 8.77. The van der Waals surface area contributed by atoms with E-state index in [1.807, 2.05) is 0 Å². The standard InChI is InChI=1S/C16H32O2.HI/c1-2-3-4-5-6-7-8-9-10-11-12-13-14-15-16(17)18;/h2-15H2,1H3,(H,17,18);1H. The van der Waals surface area contributed by atoms with Gasteiger partial charge < -0.3 is 5.11 Å². The molecule has 0 radical (unpaired) electrons. The lowest BCUT2D eigenvalue weighted by molar-refractivity contribution is -0.137. The third kappa shape index (κ3) is 20.7. The van der Waals surface area contributed by atoms with Gasteiger partial charge in [-0.3, -0.25) is 4.79 Å². The topological polar surface area (TPSA) is 37.3 Å². The second kappa shape index (κ2) is 18.2. The molecule has 0 aliphatic heterocycles. The molecule has 3 heteroatoms. The van der Waals surface area contributed by atoms with Crippen molar-refractivity contribution < 1.29 is 9.90 Å². The highest BCUT2D eigenvalue weighted by Crippen LogP contribution is 2.12. The number of carbonyl (C=O) groups is 1. The number of aliphatic carboxylic acids is 1. The molecule has 0 unspecified atom stereocenters. The molecule has 0 aromatic carbocycles. The second-order valence-electron chi connectivity index (χ2n) is 5.39. The number of hydrogen-bond acceptors (Lipinski definition) is 1. The molecule has 0 aromatic heterocycles. The molecule has 0 heterocycles. The van der Waals surface area contributed by atoms with Crippen LogP contribution in [0, 0.1) is 0 Å². The fourth-order valence-electron chi connectivity index (χ4n) is 2.29. The summed E-state index contributed by atoms with van der Waals surface area (Å²) in [6.07, 6.45) is 17.3. The van der Waals surface area contributed by atoms with Crippen molar-refractivity contribution in [3.05, 3.63) is 0 Å². The average Bonchev–Trinajstić information content (AvgIpc) is 2.34. The van der Waals surface area contributed by atoms with Crippen LogP contribution < -0.4 is 0 Å². The molecule has 0 saturated carbocycles. The van der Waals surface area contributed by atoms with E-state index in [9.17, 15) is 4.79 Å². The van der Waals surface area contributed by atoms with Gasteiger partial charge >= 0.3 is 5.97 Å². The van der Waals surface area contributed by atoms with Gasteiger partial charge in [-0.15, -0.1) is 24.0 Å². The first kappa shape index (κ1) is 21.5. The van der Waals surface area contributed by atoms with Crippen molar-refractivity contribution in [2.45, 2.75) is 96.8 Å². The lowest BCUT2D eigenvalue weighted by Crippen LogP contribution is -1.93. The highest BCUT2D eigenvalue weighted by molar-refractivity contribution is 14.0. The Labute approximate surface area is 136 Å². The number of carboxylic acid groups (broad SMARTS) is 1. The summed E-state index contributed by atoms with van der Waals surface area (Å²) in [4.78, 5) is 10.3. The van der Waals surface area contributed by atoms with Gasteiger partial charge in [0.05, 0.1) is 0 Å². The van der Waals surface area contributed by atoms with Crippen molar-refractivity contribution in [1.82, 2.24) is 0 Å². The zero-order valence-corrected chi connectivity index (χ0v) is 15.0. The van der Waals surface area contributed by atoms with Crippen LogP contribution in [0.5, 0.6) is 0 Å². The van der Waals surface area contributed by atoms with E-state index in [0.29, 0.717) is 6.42 Å². The molecule has 0 spiro atoms. The Balaban J connectivity index is 0. The largest absolute Gasteiger partial charge is 0.481 e. The van der Waals surface area contributed by atoms with E-state index in [2.05, 4.69) is 6.92 Å². The van der Waals surface area contributed by atoms with Crippen LogP contribution in [0.3, 0.4) is 0 Å². The number of unbranched alkanes of at least 4 members (excludes halogenated alkanes) is 12. The summed E-state index contributed by atoms with van der Waals surface area (Å²) >= 11 is 0. The maximum absolute atomic E-state index is 10.3. The Kier molecular flexibility index (Phi) is 20.6. The van der Waals surface area contributed by atoms with E-state index < -0.39 is 5.97 Å². The molecule has 19 heavy (non-hydrogen) atoms. The molecule has 0 aliphatic carbocycles. The Morgan fingerprint density at radius 1 is 0.684 bits per heavy atom. The summed E-state index contributed by atoms with van der Waals surface area (Å²) in [5, 5.41) is 8.49. The Bertz CT molecular complexity index is 184. The molecule has 0 fully saturated rings. The first-order valence-corrected chi connectivity index (χ1v) is 7.99. The fourth-order valence-corrected chi connectivity index (χ4v) is 2.29. The van der Waals surface area contributed by atoms with Crippen molar-refractivity contribution in [3.8, 4) is 0 Å². The summed E-state index contributed by atoms with van der Waals surface area (Å²) in [6.45, 7) is 2.26. The van der Waals surface area contributed by atoms with Gasteiger partial charge in [0, 0.05) is 6.42 Å². The molecule has 0 saturated heterocycles. The molecule has 0 aromatic rings. The summed E-state index contributed by atoms with van der Waals surface area (Å²) in [5.74, 6) is -0.655. The Morgan fingerprint density at radius 3 is 1.32 bits per heavy atom. The molecule has 0 bridgehead atoms. The van der Waals surface area contributed by atoms with Crippen LogP contribution in [0.1, 0.15) is 96.8 Å². The first-order valence-electron chi connectivity index (χ1n) is 7.99. The van der Waals surface area contributed by atoms with Gasteiger partial charge in [0.2, 0.25) is 0 Å². The van der Waals surface area contributed by atoms with Crippen LogP contribution in [0.4, 0.5) is 0 Å². The smallest absolute Gasteiger partial charge is 0.303 e. The van der Waals surface area contributed by atoms with Crippen molar-refractivity contribution in [3.63, 3.8) is 0 Å². The SMILES string of the molecule is CCCCCCCCCCCCCCCC(=O)O.I. The van der Waals surface area contributed by atoms with Gasteiger partial charge in [0.25, 0.3) is 0 Å². The van der Waals surface area contributed by atoms with Gasteiger partial charge in [-0.05, 0) is 6.42 Å². The predicted molar refractivity (Wildman–Crippen MR) is 93.4 cm³/mol. The van der Waals surface area contributed by atoms with Crippen molar-refractivity contribution in [1.29, 1.82) is 0 Å². The molecular weight excluding hydrogens is 351 g/mol. The summed E-state index contributed by atoms with van der Waals surface area (Å²) in [7, 11) is 0. The van der Waals surface area contributed by atoms with E-state index in [1.54, 1.807) is 0 Å². The number of hydrogen-bond donors (Lipinski definition) is 1. The van der Waals surface area contributed by atoms with Gasteiger partial charge in [0.15, 0.2) is 0 Å². The maximum Gasteiger partial charge on any atom is 0.303 e. The third-order valence-electron chi connectivity index (χ3n) is 3.49. The molecule has 0 amide bonds. The predicted octanol–water partition coefficient (Wildman–Crippen LogP) is 6.17. The van der Waals surface area contributed by atoms with Crippen LogP contribution in [0.15, 0.2) is 0 Å². The van der Waals surface area contributed by atoms with Gasteiger partial charge in [-0.25, -0.2) is 0 Å². The van der Waals surface area contributed by atoms with Gasteiger partial charge in [0.1, 0.15) is 0 Å². The van der Waals surface area contributed by atoms with E-state index in [0.717, 1.165) is 12.8 Å². The third-order valence-corrected chi connectivity index (χ3v) is 3.49. The minimum Gasteiger partial charge on any atom is -0.481 e. The fraction of sp³-hybridized carbons (Fsp3) is 0.938. The number of halogens is 1. The monoisotopic (exact) mass is 384 g/mol. The van der Waals surface area contributed by atoms with E-state index in [1.165, 1.54) is 70.6 Å². The highest BCUT2D eigenvalue weighted by Gasteiger charge is 1.96. The zero-order valence-electron chi connectivity index (χ0n) is 12.7. The zero-order chi connectivity index (χ0) is 13.5. The van der Waals surface area contributed by atoms with Crippen LogP contribution in [0.2, 0.25) is 0 Å².